The molecule has 6 heteroatoms. The Morgan fingerprint density at radius 3 is 2.96 bits per heavy atom. The summed E-state index contributed by atoms with van der Waals surface area (Å²) in [5, 5.41) is 0. The minimum atomic E-state index is -0.331. The van der Waals surface area contributed by atoms with Crippen LogP contribution in [0, 0.1) is 5.92 Å². The van der Waals surface area contributed by atoms with Crippen LogP contribution in [0.4, 0.5) is 0 Å². The number of esters is 1. The van der Waals surface area contributed by atoms with Gasteiger partial charge in [-0.3, -0.25) is 4.79 Å². The van der Waals surface area contributed by atoms with Crippen LogP contribution in [-0.4, -0.2) is 28.7 Å². The molecule has 0 bridgehead atoms. The number of hydrogen-bond acceptors (Lipinski definition) is 4. The van der Waals surface area contributed by atoms with Gasteiger partial charge in [-0.25, -0.2) is 4.98 Å². The van der Waals surface area contributed by atoms with Crippen molar-refractivity contribution in [3.63, 3.8) is 0 Å². The lowest BCUT2D eigenvalue weighted by Crippen LogP contribution is -2.32. The highest BCUT2D eigenvalue weighted by molar-refractivity contribution is 9.10. The number of halogens is 1. The topological polar surface area (TPSA) is 53.4 Å². The molecule has 0 spiro atoms. The molecule has 0 saturated heterocycles. The maximum atomic E-state index is 12.3. The van der Waals surface area contributed by atoms with Crippen molar-refractivity contribution >= 4 is 21.9 Å². The van der Waals surface area contributed by atoms with Gasteiger partial charge in [0.25, 0.3) is 0 Å². The number of hydrogen-bond donors (Lipinski definition) is 0. The summed E-state index contributed by atoms with van der Waals surface area (Å²) >= 11 is 3.48. The Morgan fingerprint density at radius 1 is 1.46 bits per heavy atom. The zero-order chi connectivity index (χ0) is 16.9. The number of ether oxygens (including phenoxy) is 2. The monoisotopic (exact) mass is 392 g/mol. The molecule has 1 aromatic carbocycles. The van der Waals surface area contributed by atoms with Crippen LogP contribution in [0.5, 0.6) is 0 Å². The molecule has 2 aromatic rings. The van der Waals surface area contributed by atoms with E-state index in [1.165, 1.54) is 0 Å². The average molecular weight is 393 g/mol. The fourth-order valence-corrected chi connectivity index (χ4v) is 3.40. The zero-order valence-electron chi connectivity index (χ0n) is 13.6. The van der Waals surface area contributed by atoms with Gasteiger partial charge in [0, 0.05) is 30.4 Å². The average Bonchev–Trinajstić information content (AvgIpc) is 3.03. The Hall–Kier alpha value is -1.66. The molecule has 1 heterocycles. The van der Waals surface area contributed by atoms with Crippen molar-refractivity contribution in [1.29, 1.82) is 0 Å². The van der Waals surface area contributed by atoms with Crippen LogP contribution >= 0.6 is 15.9 Å². The van der Waals surface area contributed by atoms with E-state index in [2.05, 4.69) is 20.9 Å². The Labute approximate surface area is 150 Å². The molecule has 0 amide bonds. The molecule has 1 unspecified atom stereocenters. The molecule has 1 aromatic heterocycles. The lowest BCUT2D eigenvalue weighted by molar-refractivity contribution is -0.153. The van der Waals surface area contributed by atoms with Gasteiger partial charge in [0.2, 0.25) is 0 Å². The predicted molar refractivity (Wildman–Crippen MR) is 93.3 cm³/mol. The van der Waals surface area contributed by atoms with Gasteiger partial charge < -0.3 is 14.0 Å². The van der Waals surface area contributed by atoms with E-state index in [4.69, 9.17) is 9.47 Å². The fraction of sp³-hybridized carbons (Fsp3) is 0.444. The first kappa shape index (κ1) is 17.2. The van der Waals surface area contributed by atoms with Crippen molar-refractivity contribution < 1.29 is 14.3 Å². The zero-order valence-corrected chi connectivity index (χ0v) is 15.2. The maximum Gasteiger partial charge on any atom is 0.306 e. The summed E-state index contributed by atoms with van der Waals surface area (Å²) in [4.78, 5) is 16.4. The predicted octanol–water partition coefficient (Wildman–Crippen LogP) is 3.75. The Kier molecular flexibility index (Phi) is 5.68. The number of carbonyl (C=O) groups is 1. The summed E-state index contributed by atoms with van der Waals surface area (Å²) in [6.07, 6.45) is 7.62. The third-order valence-electron chi connectivity index (χ3n) is 4.41. The highest BCUT2D eigenvalue weighted by atomic mass is 79.9. The van der Waals surface area contributed by atoms with E-state index in [0.29, 0.717) is 25.0 Å². The smallest absolute Gasteiger partial charge is 0.306 e. The first-order chi connectivity index (χ1) is 11.6. The third-order valence-corrected chi connectivity index (χ3v) is 4.90. The molecular formula is C18H21BrN2O3. The summed E-state index contributed by atoms with van der Waals surface area (Å²) in [5.74, 6) is 0.221. The lowest BCUT2D eigenvalue weighted by Gasteiger charge is -2.33. The molecule has 1 atom stereocenters. The largest absolute Gasteiger partial charge is 0.456 e. The number of imidazole rings is 1. The van der Waals surface area contributed by atoms with Crippen LogP contribution in [0.15, 0.2) is 47.5 Å². The standard InChI is InChI=1S/C18H21BrN2O3/c1-23-16-7-13(8-16)9-18(22)24-17(11-21-6-5-20-12-21)14-3-2-4-15(19)10-14/h2-6,10,12-13,16-17H,7-9,11H2,1H3. The van der Waals surface area contributed by atoms with E-state index in [0.717, 1.165) is 22.9 Å². The molecule has 128 valence electrons. The van der Waals surface area contributed by atoms with E-state index in [1.54, 1.807) is 19.6 Å². The van der Waals surface area contributed by atoms with E-state index in [9.17, 15) is 4.79 Å². The molecule has 0 aliphatic heterocycles. The number of benzene rings is 1. The molecule has 1 aliphatic carbocycles. The quantitative estimate of drug-likeness (QED) is 0.673. The van der Waals surface area contributed by atoms with Crippen molar-refractivity contribution in [2.24, 2.45) is 5.92 Å². The molecule has 1 aliphatic rings. The van der Waals surface area contributed by atoms with Crippen molar-refractivity contribution in [2.75, 3.05) is 7.11 Å². The summed E-state index contributed by atoms with van der Waals surface area (Å²) in [6.45, 7) is 0.549. The number of rotatable bonds is 7. The second-order valence-electron chi connectivity index (χ2n) is 6.19. The van der Waals surface area contributed by atoms with E-state index in [1.807, 2.05) is 35.0 Å². The molecule has 3 rings (SSSR count). The highest BCUT2D eigenvalue weighted by Gasteiger charge is 2.31. The number of methoxy groups -OCH3 is 1. The minimum absolute atomic E-state index is 0.153. The summed E-state index contributed by atoms with van der Waals surface area (Å²) in [6, 6.07) is 7.87. The Morgan fingerprint density at radius 2 is 2.29 bits per heavy atom. The summed E-state index contributed by atoms with van der Waals surface area (Å²) in [7, 11) is 1.72. The van der Waals surface area contributed by atoms with Crippen LogP contribution in [-0.2, 0) is 20.8 Å². The third kappa shape index (κ3) is 4.45. The second-order valence-corrected chi connectivity index (χ2v) is 7.11. The van der Waals surface area contributed by atoms with Crippen molar-refractivity contribution in [3.05, 3.63) is 53.0 Å². The maximum absolute atomic E-state index is 12.3. The second kappa shape index (κ2) is 7.94. The highest BCUT2D eigenvalue weighted by Crippen LogP contribution is 2.33. The summed E-state index contributed by atoms with van der Waals surface area (Å²) < 4.78 is 13.9. The fourth-order valence-electron chi connectivity index (χ4n) is 2.98. The van der Waals surface area contributed by atoms with Crippen LogP contribution in [0.3, 0.4) is 0 Å². The normalized spacial score (nSPS) is 21.1. The lowest BCUT2D eigenvalue weighted by atomic mass is 9.80. The Bertz CT molecular complexity index is 669. The van der Waals surface area contributed by atoms with Crippen LogP contribution in [0.2, 0.25) is 0 Å². The van der Waals surface area contributed by atoms with Crippen LogP contribution in [0.25, 0.3) is 0 Å². The van der Waals surface area contributed by atoms with Crippen LogP contribution in [0.1, 0.15) is 30.9 Å². The minimum Gasteiger partial charge on any atom is -0.456 e. The molecule has 5 nitrogen and oxygen atoms in total. The van der Waals surface area contributed by atoms with Gasteiger partial charge in [0.05, 0.1) is 19.0 Å². The van der Waals surface area contributed by atoms with E-state index >= 15 is 0 Å². The van der Waals surface area contributed by atoms with Crippen molar-refractivity contribution in [1.82, 2.24) is 9.55 Å². The molecule has 1 saturated carbocycles. The van der Waals surface area contributed by atoms with Crippen LogP contribution < -0.4 is 0 Å². The van der Waals surface area contributed by atoms with E-state index in [-0.39, 0.29) is 12.1 Å². The van der Waals surface area contributed by atoms with Crippen molar-refractivity contribution in [2.45, 2.75) is 38.0 Å². The molecule has 0 radical (unpaired) electrons. The first-order valence-corrected chi connectivity index (χ1v) is 8.87. The van der Waals surface area contributed by atoms with Gasteiger partial charge in [0.1, 0.15) is 6.10 Å². The molecular weight excluding hydrogens is 372 g/mol. The number of carbonyl (C=O) groups excluding carboxylic acids is 1. The molecule has 1 fully saturated rings. The SMILES string of the molecule is COC1CC(CC(=O)OC(Cn2ccnc2)c2cccc(Br)c2)C1. The number of nitrogens with zero attached hydrogens (tertiary/aromatic N) is 2. The molecule has 0 N–H and O–H groups in total. The number of aromatic nitrogens is 2. The van der Waals surface area contributed by atoms with Gasteiger partial charge in [-0.2, -0.15) is 0 Å². The van der Waals surface area contributed by atoms with Gasteiger partial charge >= 0.3 is 5.97 Å². The van der Waals surface area contributed by atoms with Gasteiger partial charge in [-0.15, -0.1) is 0 Å². The Balaban J connectivity index is 1.64. The summed E-state index contributed by atoms with van der Waals surface area (Å²) in [5.41, 5.74) is 0.967. The van der Waals surface area contributed by atoms with Gasteiger partial charge in [-0.1, -0.05) is 28.1 Å². The van der Waals surface area contributed by atoms with Gasteiger partial charge in [-0.05, 0) is 36.5 Å². The van der Waals surface area contributed by atoms with E-state index < -0.39 is 0 Å². The first-order valence-electron chi connectivity index (χ1n) is 8.07. The van der Waals surface area contributed by atoms with Gasteiger partial charge in [0.15, 0.2) is 0 Å². The molecule has 24 heavy (non-hydrogen) atoms. The van der Waals surface area contributed by atoms with Crippen molar-refractivity contribution in [3.8, 4) is 0 Å².